The van der Waals surface area contributed by atoms with E-state index in [4.69, 9.17) is 0 Å². The van der Waals surface area contributed by atoms with Crippen LogP contribution in [0.15, 0.2) is 0 Å². The Morgan fingerprint density at radius 2 is 2.00 bits per heavy atom. The SMILES string of the molecule is Cl.OC1CCN2CCCC1C2. The van der Waals surface area contributed by atoms with Crippen molar-refractivity contribution in [2.75, 3.05) is 19.6 Å². The van der Waals surface area contributed by atoms with Gasteiger partial charge in [0.2, 0.25) is 0 Å². The molecule has 0 saturated carbocycles. The van der Waals surface area contributed by atoms with Crippen LogP contribution in [0.2, 0.25) is 0 Å². The molecule has 2 aliphatic heterocycles. The van der Waals surface area contributed by atoms with Crippen molar-refractivity contribution >= 4 is 12.4 Å². The number of rotatable bonds is 0. The van der Waals surface area contributed by atoms with Gasteiger partial charge < -0.3 is 10.0 Å². The molecule has 3 unspecified atom stereocenters. The Morgan fingerprint density at radius 1 is 1.18 bits per heavy atom. The van der Waals surface area contributed by atoms with Gasteiger partial charge in [0.1, 0.15) is 0 Å². The molecule has 0 amide bonds. The van der Waals surface area contributed by atoms with Gasteiger partial charge >= 0.3 is 0 Å². The second-order valence-electron chi connectivity index (χ2n) is 3.56. The van der Waals surface area contributed by atoms with Gasteiger partial charge in [0.15, 0.2) is 0 Å². The van der Waals surface area contributed by atoms with Crippen LogP contribution in [-0.4, -0.2) is 35.7 Å². The summed E-state index contributed by atoms with van der Waals surface area (Å²) < 4.78 is 0. The highest BCUT2D eigenvalue weighted by molar-refractivity contribution is 5.85. The van der Waals surface area contributed by atoms with E-state index < -0.39 is 0 Å². The molecule has 2 rings (SSSR count). The zero-order chi connectivity index (χ0) is 6.97. The van der Waals surface area contributed by atoms with E-state index in [9.17, 15) is 5.11 Å². The Bertz CT molecular complexity index is 129. The quantitative estimate of drug-likeness (QED) is 0.594. The Labute approximate surface area is 74.0 Å². The van der Waals surface area contributed by atoms with Crippen molar-refractivity contribution < 1.29 is 5.11 Å². The third-order valence-electron chi connectivity index (χ3n) is 2.83. The third-order valence-corrected chi connectivity index (χ3v) is 2.83. The minimum atomic E-state index is 0. The summed E-state index contributed by atoms with van der Waals surface area (Å²) in [7, 11) is 0. The van der Waals surface area contributed by atoms with Crippen LogP contribution in [0.1, 0.15) is 19.3 Å². The van der Waals surface area contributed by atoms with E-state index >= 15 is 0 Å². The van der Waals surface area contributed by atoms with Crippen LogP contribution < -0.4 is 0 Å². The van der Waals surface area contributed by atoms with Gasteiger partial charge in [0.25, 0.3) is 0 Å². The maximum atomic E-state index is 9.49. The molecule has 0 aliphatic carbocycles. The molecule has 2 aliphatic rings. The van der Waals surface area contributed by atoms with Gasteiger partial charge in [-0.3, -0.25) is 0 Å². The average Bonchev–Trinajstić information content (AvgIpc) is 1.99. The first-order valence-corrected chi connectivity index (χ1v) is 4.26. The standard InChI is InChI=1S/C8H15NO.ClH/c10-8-3-5-9-4-1-2-7(8)6-9;/h7-8,10H,1-6H2;1H. The maximum Gasteiger partial charge on any atom is 0.0592 e. The van der Waals surface area contributed by atoms with Crippen molar-refractivity contribution in [3.63, 3.8) is 0 Å². The molecule has 1 N–H and O–H groups in total. The first-order chi connectivity index (χ1) is 4.86. The summed E-state index contributed by atoms with van der Waals surface area (Å²) >= 11 is 0. The van der Waals surface area contributed by atoms with Crippen LogP contribution in [-0.2, 0) is 0 Å². The first kappa shape index (κ1) is 9.30. The van der Waals surface area contributed by atoms with E-state index in [-0.39, 0.29) is 18.5 Å². The predicted molar refractivity (Wildman–Crippen MR) is 47.0 cm³/mol. The van der Waals surface area contributed by atoms with E-state index in [1.54, 1.807) is 0 Å². The highest BCUT2D eigenvalue weighted by atomic mass is 35.5. The molecule has 2 fully saturated rings. The van der Waals surface area contributed by atoms with Gasteiger partial charge in [-0.25, -0.2) is 0 Å². The maximum absolute atomic E-state index is 9.49. The van der Waals surface area contributed by atoms with E-state index in [0.29, 0.717) is 5.92 Å². The van der Waals surface area contributed by atoms with Gasteiger partial charge in [0.05, 0.1) is 6.10 Å². The van der Waals surface area contributed by atoms with Gasteiger partial charge in [-0.05, 0) is 31.7 Å². The molecule has 3 heteroatoms. The zero-order valence-electron chi connectivity index (χ0n) is 6.70. The Hall–Kier alpha value is 0.210. The highest BCUT2D eigenvalue weighted by Gasteiger charge is 2.30. The summed E-state index contributed by atoms with van der Waals surface area (Å²) in [5.41, 5.74) is 0. The number of aliphatic hydroxyl groups excluding tert-OH is 1. The van der Waals surface area contributed by atoms with E-state index in [0.717, 1.165) is 19.5 Å². The molecule has 0 aromatic rings. The fraction of sp³-hybridized carbons (Fsp3) is 1.00. The lowest BCUT2D eigenvalue weighted by Gasteiger charge is -2.40. The van der Waals surface area contributed by atoms with Crippen LogP contribution in [0.3, 0.4) is 0 Å². The molecule has 2 saturated heterocycles. The lowest BCUT2D eigenvalue weighted by atomic mass is 9.87. The van der Waals surface area contributed by atoms with Crippen molar-refractivity contribution in [2.45, 2.75) is 25.4 Å². The molecule has 3 atom stereocenters. The molecule has 11 heavy (non-hydrogen) atoms. The second kappa shape index (κ2) is 3.74. The summed E-state index contributed by atoms with van der Waals surface area (Å²) in [4.78, 5) is 2.47. The predicted octanol–water partition coefficient (Wildman–Crippen LogP) is 0.885. The summed E-state index contributed by atoms with van der Waals surface area (Å²) in [6.07, 6.45) is 3.56. The van der Waals surface area contributed by atoms with Crippen molar-refractivity contribution in [3.05, 3.63) is 0 Å². The van der Waals surface area contributed by atoms with Gasteiger partial charge in [-0.15, -0.1) is 12.4 Å². The zero-order valence-corrected chi connectivity index (χ0v) is 7.52. The topological polar surface area (TPSA) is 23.5 Å². The van der Waals surface area contributed by atoms with Crippen molar-refractivity contribution in [2.24, 2.45) is 5.92 Å². The number of aliphatic hydroxyl groups is 1. The first-order valence-electron chi connectivity index (χ1n) is 4.26. The van der Waals surface area contributed by atoms with Crippen LogP contribution >= 0.6 is 12.4 Å². The molecule has 0 aromatic carbocycles. The summed E-state index contributed by atoms with van der Waals surface area (Å²) in [5, 5.41) is 9.49. The summed E-state index contributed by atoms with van der Waals surface area (Å²) in [6, 6.07) is 0. The summed E-state index contributed by atoms with van der Waals surface area (Å²) in [5.74, 6) is 0.600. The molecule has 2 nitrogen and oxygen atoms in total. The normalized spacial score (nSPS) is 42.8. The minimum Gasteiger partial charge on any atom is -0.393 e. The molecule has 0 radical (unpaired) electrons. The van der Waals surface area contributed by atoms with Gasteiger partial charge in [-0.2, -0.15) is 0 Å². The van der Waals surface area contributed by atoms with Crippen LogP contribution in [0, 0.1) is 5.92 Å². The molecule has 66 valence electrons. The second-order valence-corrected chi connectivity index (χ2v) is 3.56. The third kappa shape index (κ3) is 1.86. The van der Waals surface area contributed by atoms with Gasteiger partial charge in [0, 0.05) is 13.1 Å². The number of hydrogen-bond acceptors (Lipinski definition) is 2. The molecular formula is C8H16ClNO. The molecule has 2 heterocycles. The lowest BCUT2D eigenvalue weighted by Crippen LogP contribution is -2.46. The fourth-order valence-electron chi connectivity index (χ4n) is 2.16. The Kier molecular flexibility index (Phi) is 3.16. The number of halogens is 1. The number of piperidine rings is 2. The fourth-order valence-corrected chi connectivity index (χ4v) is 2.16. The molecule has 2 bridgehead atoms. The molecule has 0 spiro atoms. The number of hydrogen-bond donors (Lipinski definition) is 1. The van der Waals surface area contributed by atoms with Crippen molar-refractivity contribution in [1.82, 2.24) is 4.90 Å². The molecule has 0 aromatic heterocycles. The van der Waals surface area contributed by atoms with Gasteiger partial charge in [-0.1, -0.05) is 0 Å². The van der Waals surface area contributed by atoms with Crippen LogP contribution in [0.25, 0.3) is 0 Å². The van der Waals surface area contributed by atoms with Crippen molar-refractivity contribution in [1.29, 1.82) is 0 Å². The van der Waals surface area contributed by atoms with E-state index in [1.165, 1.54) is 19.4 Å². The largest absolute Gasteiger partial charge is 0.393 e. The smallest absolute Gasteiger partial charge is 0.0592 e. The Balaban J connectivity index is 0.000000605. The minimum absolute atomic E-state index is 0. The highest BCUT2D eigenvalue weighted by Crippen LogP contribution is 2.25. The number of fused-ring (bicyclic) bond motifs is 2. The van der Waals surface area contributed by atoms with Crippen LogP contribution in [0.4, 0.5) is 0 Å². The van der Waals surface area contributed by atoms with Crippen LogP contribution in [0.5, 0.6) is 0 Å². The summed E-state index contributed by atoms with van der Waals surface area (Å²) in [6.45, 7) is 3.54. The van der Waals surface area contributed by atoms with E-state index in [2.05, 4.69) is 4.90 Å². The van der Waals surface area contributed by atoms with E-state index in [1.807, 2.05) is 0 Å². The molecular weight excluding hydrogens is 162 g/mol. The Morgan fingerprint density at radius 3 is 2.73 bits per heavy atom. The number of nitrogens with zero attached hydrogens (tertiary/aromatic N) is 1. The van der Waals surface area contributed by atoms with Crippen molar-refractivity contribution in [3.8, 4) is 0 Å². The monoisotopic (exact) mass is 177 g/mol. The lowest BCUT2D eigenvalue weighted by molar-refractivity contribution is 0.000185. The average molecular weight is 178 g/mol.